The number of nitrogens with one attached hydrogen (secondary N) is 1. The molecule has 0 radical (unpaired) electrons. The summed E-state index contributed by atoms with van der Waals surface area (Å²) in [5.41, 5.74) is 1.93. The highest BCUT2D eigenvalue weighted by Crippen LogP contribution is 2.31. The van der Waals surface area contributed by atoms with E-state index in [1.807, 2.05) is 11.7 Å². The monoisotopic (exact) mass is 182 g/mol. The first-order valence-electron chi connectivity index (χ1n) is 4.47. The summed E-state index contributed by atoms with van der Waals surface area (Å²) in [5.74, 6) is 1.51. The molecule has 0 aromatic carbocycles. The van der Waals surface area contributed by atoms with Gasteiger partial charge in [-0.25, -0.2) is 0 Å². The fourth-order valence-corrected chi connectivity index (χ4v) is 2.74. The van der Waals surface area contributed by atoms with Crippen molar-refractivity contribution < 1.29 is 0 Å². The zero-order valence-electron chi connectivity index (χ0n) is 7.29. The Labute approximate surface area is 77.0 Å². The first-order valence-corrected chi connectivity index (χ1v) is 5.35. The van der Waals surface area contributed by atoms with Crippen molar-refractivity contribution in [2.75, 3.05) is 13.1 Å². The average Bonchev–Trinajstić information content (AvgIpc) is 2.57. The Bertz CT molecular complexity index is 233. The molecule has 2 atom stereocenters. The first kappa shape index (κ1) is 8.20. The quantitative estimate of drug-likeness (QED) is 0.717. The molecule has 1 saturated heterocycles. The molecule has 0 bridgehead atoms. The van der Waals surface area contributed by atoms with Gasteiger partial charge in [0.1, 0.15) is 0 Å². The minimum Gasteiger partial charge on any atom is -0.316 e. The third-order valence-corrected chi connectivity index (χ3v) is 3.51. The van der Waals surface area contributed by atoms with Gasteiger partial charge in [-0.05, 0) is 31.3 Å². The van der Waals surface area contributed by atoms with Crippen LogP contribution in [-0.2, 0) is 0 Å². The van der Waals surface area contributed by atoms with E-state index >= 15 is 0 Å². The molecule has 2 nitrogen and oxygen atoms in total. The molecule has 3 heteroatoms. The van der Waals surface area contributed by atoms with Crippen molar-refractivity contribution in [1.82, 2.24) is 10.3 Å². The second-order valence-electron chi connectivity index (χ2n) is 3.48. The lowest BCUT2D eigenvalue weighted by Crippen LogP contribution is -2.33. The topological polar surface area (TPSA) is 24.9 Å². The van der Waals surface area contributed by atoms with Gasteiger partial charge in [0, 0.05) is 11.1 Å². The molecule has 1 aromatic rings. The number of rotatable bonds is 1. The molecule has 2 heterocycles. The van der Waals surface area contributed by atoms with Crippen molar-refractivity contribution in [3.05, 3.63) is 16.6 Å². The fraction of sp³-hybridized carbons (Fsp3) is 0.667. The molecule has 1 aliphatic heterocycles. The number of piperidine rings is 1. The molecule has 1 N–H and O–H groups in total. The summed E-state index contributed by atoms with van der Waals surface area (Å²) in [7, 11) is 0. The zero-order valence-corrected chi connectivity index (χ0v) is 8.10. The summed E-state index contributed by atoms with van der Waals surface area (Å²) in [5, 5.41) is 3.41. The molecule has 1 aliphatic rings. The van der Waals surface area contributed by atoms with Gasteiger partial charge in [-0.15, -0.1) is 11.3 Å². The van der Waals surface area contributed by atoms with Crippen LogP contribution in [0.25, 0.3) is 0 Å². The summed E-state index contributed by atoms with van der Waals surface area (Å²) in [6.07, 6.45) is 3.29. The lowest BCUT2D eigenvalue weighted by molar-refractivity contribution is 0.353. The molecule has 0 spiro atoms. The maximum absolute atomic E-state index is 4.13. The number of hydrogen-bond acceptors (Lipinski definition) is 3. The van der Waals surface area contributed by atoms with E-state index in [1.54, 1.807) is 11.3 Å². The van der Waals surface area contributed by atoms with Gasteiger partial charge in [-0.2, -0.15) is 0 Å². The Morgan fingerprint density at radius 1 is 1.67 bits per heavy atom. The highest BCUT2D eigenvalue weighted by molar-refractivity contribution is 7.09. The molecule has 0 aliphatic carbocycles. The minimum atomic E-state index is 0.749. The Morgan fingerprint density at radius 2 is 2.58 bits per heavy atom. The van der Waals surface area contributed by atoms with Crippen LogP contribution in [0.2, 0.25) is 0 Å². The van der Waals surface area contributed by atoms with Crippen LogP contribution in [0.3, 0.4) is 0 Å². The normalized spacial score (nSPS) is 30.4. The smallest absolute Gasteiger partial charge is 0.0794 e. The van der Waals surface area contributed by atoms with Gasteiger partial charge in [0.15, 0.2) is 0 Å². The van der Waals surface area contributed by atoms with Gasteiger partial charge in [-0.1, -0.05) is 6.92 Å². The highest BCUT2D eigenvalue weighted by Gasteiger charge is 2.23. The Morgan fingerprint density at radius 3 is 3.25 bits per heavy atom. The summed E-state index contributed by atoms with van der Waals surface area (Å²) >= 11 is 1.79. The molecular weight excluding hydrogens is 168 g/mol. The van der Waals surface area contributed by atoms with Crippen LogP contribution in [0, 0.1) is 5.92 Å². The first-order chi connectivity index (χ1) is 5.88. The van der Waals surface area contributed by atoms with Crippen LogP contribution in [0.15, 0.2) is 11.7 Å². The molecule has 12 heavy (non-hydrogen) atoms. The highest BCUT2D eigenvalue weighted by atomic mass is 32.1. The third-order valence-electron chi connectivity index (χ3n) is 2.60. The maximum atomic E-state index is 4.13. The average molecular weight is 182 g/mol. The summed E-state index contributed by atoms with van der Waals surface area (Å²) in [6, 6.07) is 0. The SMILES string of the molecule is CC1CNCCC1c1cncs1. The number of thiazole rings is 1. The van der Waals surface area contributed by atoms with E-state index in [-0.39, 0.29) is 0 Å². The van der Waals surface area contributed by atoms with Crippen molar-refractivity contribution in [2.24, 2.45) is 5.92 Å². The molecule has 1 aromatic heterocycles. The van der Waals surface area contributed by atoms with Crippen molar-refractivity contribution in [3.8, 4) is 0 Å². The number of nitrogens with zero attached hydrogens (tertiary/aromatic N) is 1. The summed E-state index contributed by atoms with van der Waals surface area (Å²) in [4.78, 5) is 5.59. The minimum absolute atomic E-state index is 0.749. The molecule has 66 valence electrons. The van der Waals surface area contributed by atoms with E-state index in [9.17, 15) is 0 Å². The summed E-state index contributed by atoms with van der Waals surface area (Å²) in [6.45, 7) is 4.63. The second-order valence-corrected chi connectivity index (χ2v) is 4.40. The van der Waals surface area contributed by atoms with Gasteiger partial charge in [-0.3, -0.25) is 4.98 Å². The van der Waals surface area contributed by atoms with Gasteiger partial charge in [0.2, 0.25) is 0 Å². The predicted octanol–water partition coefficient (Wildman–Crippen LogP) is 1.86. The Balaban J connectivity index is 2.11. The van der Waals surface area contributed by atoms with E-state index in [0.717, 1.165) is 24.9 Å². The van der Waals surface area contributed by atoms with Gasteiger partial charge < -0.3 is 5.32 Å². The van der Waals surface area contributed by atoms with Gasteiger partial charge >= 0.3 is 0 Å². The standard InChI is InChI=1S/C9H14N2S/c1-7-4-10-3-2-8(7)9-5-11-6-12-9/h5-8,10H,2-4H2,1H3. The van der Waals surface area contributed by atoms with E-state index in [0.29, 0.717) is 0 Å². The lowest BCUT2D eigenvalue weighted by Gasteiger charge is -2.28. The maximum Gasteiger partial charge on any atom is 0.0794 e. The van der Waals surface area contributed by atoms with Crippen LogP contribution in [-0.4, -0.2) is 18.1 Å². The van der Waals surface area contributed by atoms with E-state index in [1.165, 1.54) is 11.3 Å². The molecule has 2 unspecified atom stereocenters. The van der Waals surface area contributed by atoms with E-state index in [2.05, 4.69) is 17.2 Å². The van der Waals surface area contributed by atoms with Crippen LogP contribution >= 0.6 is 11.3 Å². The lowest BCUT2D eigenvalue weighted by atomic mass is 9.87. The van der Waals surface area contributed by atoms with Crippen LogP contribution in [0.4, 0.5) is 0 Å². The molecular formula is C9H14N2S. The van der Waals surface area contributed by atoms with Crippen molar-refractivity contribution in [2.45, 2.75) is 19.3 Å². The molecule has 1 fully saturated rings. The van der Waals surface area contributed by atoms with Crippen molar-refractivity contribution in [1.29, 1.82) is 0 Å². The second kappa shape index (κ2) is 3.54. The number of hydrogen-bond donors (Lipinski definition) is 1. The van der Waals surface area contributed by atoms with Crippen LogP contribution < -0.4 is 5.32 Å². The van der Waals surface area contributed by atoms with Gasteiger partial charge in [0.05, 0.1) is 5.51 Å². The predicted molar refractivity (Wildman–Crippen MR) is 51.5 cm³/mol. The van der Waals surface area contributed by atoms with Crippen LogP contribution in [0.5, 0.6) is 0 Å². The van der Waals surface area contributed by atoms with Crippen molar-refractivity contribution in [3.63, 3.8) is 0 Å². The van der Waals surface area contributed by atoms with E-state index < -0.39 is 0 Å². The number of aromatic nitrogens is 1. The zero-order chi connectivity index (χ0) is 8.39. The van der Waals surface area contributed by atoms with Crippen molar-refractivity contribution >= 4 is 11.3 Å². The van der Waals surface area contributed by atoms with E-state index in [4.69, 9.17) is 0 Å². The largest absolute Gasteiger partial charge is 0.316 e. The Kier molecular flexibility index (Phi) is 2.42. The third kappa shape index (κ3) is 1.52. The molecule has 2 rings (SSSR count). The molecule has 0 saturated carbocycles. The van der Waals surface area contributed by atoms with Gasteiger partial charge in [0.25, 0.3) is 0 Å². The Hall–Kier alpha value is -0.410. The molecule has 0 amide bonds. The summed E-state index contributed by atoms with van der Waals surface area (Å²) < 4.78 is 0. The fourth-order valence-electron chi connectivity index (χ4n) is 1.85. The van der Waals surface area contributed by atoms with Crippen LogP contribution in [0.1, 0.15) is 24.1 Å².